The maximum atomic E-state index is 12.5. The van der Waals surface area contributed by atoms with Gasteiger partial charge in [0, 0.05) is 24.8 Å². The molecule has 2 fully saturated rings. The van der Waals surface area contributed by atoms with Crippen LogP contribution in [0, 0.1) is 5.92 Å². The first-order valence-electron chi connectivity index (χ1n) is 7.10. The Morgan fingerprint density at radius 3 is 2.71 bits per heavy atom. The van der Waals surface area contributed by atoms with Gasteiger partial charge >= 0.3 is 12.0 Å². The fourth-order valence-electron chi connectivity index (χ4n) is 2.59. The van der Waals surface area contributed by atoms with Gasteiger partial charge in [-0.25, -0.2) is 9.59 Å². The first kappa shape index (κ1) is 15.9. The van der Waals surface area contributed by atoms with E-state index in [1.807, 2.05) is 13.8 Å². The highest BCUT2D eigenvalue weighted by Gasteiger charge is 2.43. The zero-order valence-electron chi connectivity index (χ0n) is 12.2. The van der Waals surface area contributed by atoms with Crippen LogP contribution in [0.25, 0.3) is 0 Å². The van der Waals surface area contributed by atoms with Crippen molar-refractivity contribution in [3.8, 4) is 0 Å². The molecule has 3 unspecified atom stereocenters. The Hall–Kier alpha value is -1.44. The molecule has 3 atom stereocenters. The first-order chi connectivity index (χ1) is 9.90. The van der Waals surface area contributed by atoms with Gasteiger partial charge in [0.1, 0.15) is 6.04 Å². The molecule has 0 radical (unpaired) electrons. The summed E-state index contributed by atoms with van der Waals surface area (Å²) in [6.07, 6.45) is 0.971. The summed E-state index contributed by atoms with van der Waals surface area (Å²) in [6, 6.07) is -1.28. The van der Waals surface area contributed by atoms with Crippen molar-refractivity contribution >= 4 is 29.7 Å². The van der Waals surface area contributed by atoms with E-state index >= 15 is 0 Å². The summed E-state index contributed by atoms with van der Waals surface area (Å²) in [5.74, 6) is -0.401. The van der Waals surface area contributed by atoms with Crippen LogP contribution in [-0.2, 0) is 9.59 Å². The second-order valence-electron chi connectivity index (χ2n) is 5.72. The maximum Gasteiger partial charge on any atom is 0.327 e. The van der Waals surface area contributed by atoms with Gasteiger partial charge < -0.3 is 15.7 Å². The number of nitrogens with zero attached hydrogens (tertiary/aromatic N) is 1. The number of carbonyl (C=O) groups is 3. The number of rotatable bonds is 3. The van der Waals surface area contributed by atoms with Crippen LogP contribution in [0.1, 0.15) is 26.7 Å². The van der Waals surface area contributed by atoms with E-state index in [0.29, 0.717) is 25.1 Å². The zero-order valence-corrected chi connectivity index (χ0v) is 13.0. The normalized spacial score (nSPS) is 29.4. The van der Waals surface area contributed by atoms with E-state index in [9.17, 15) is 19.5 Å². The van der Waals surface area contributed by atoms with E-state index < -0.39 is 12.0 Å². The van der Waals surface area contributed by atoms with E-state index in [2.05, 4.69) is 10.6 Å². The summed E-state index contributed by atoms with van der Waals surface area (Å²) in [7, 11) is 0. The third-order valence-corrected chi connectivity index (χ3v) is 5.34. The van der Waals surface area contributed by atoms with E-state index in [1.165, 1.54) is 16.7 Å². The number of urea groups is 1. The standard InChI is InChI=1S/C13H21N3O4S/c1-7(2)11-16(9(6-21-11)12(18)19)13(20)15-8-3-4-10(17)14-5-8/h7-9,11H,3-6H2,1-2H3,(H,14,17)(H,15,20)(H,18,19). The van der Waals surface area contributed by atoms with E-state index in [0.717, 1.165) is 0 Å². The topological polar surface area (TPSA) is 98.7 Å². The predicted molar refractivity (Wildman–Crippen MR) is 78.9 cm³/mol. The molecule has 0 aromatic carbocycles. The largest absolute Gasteiger partial charge is 0.480 e. The maximum absolute atomic E-state index is 12.5. The van der Waals surface area contributed by atoms with Crippen LogP contribution in [-0.4, -0.2) is 57.7 Å². The van der Waals surface area contributed by atoms with Crippen molar-refractivity contribution in [3.05, 3.63) is 0 Å². The van der Waals surface area contributed by atoms with E-state index in [4.69, 9.17) is 0 Å². The Kier molecular flexibility index (Phi) is 4.97. The van der Waals surface area contributed by atoms with Gasteiger partial charge in [-0.2, -0.15) is 0 Å². The molecule has 2 aliphatic rings. The third kappa shape index (κ3) is 3.61. The molecule has 21 heavy (non-hydrogen) atoms. The summed E-state index contributed by atoms with van der Waals surface area (Å²) in [5, 5.41) is 14.7. The fourth-order valence-corrected chi connectivity index (χ4v) is 4.06. The average molecular weight is 315 g/mol. The highest BCUT2D eigenvalue weighted by atomic mass is 32.2. The first-order valence-corrected chi connectivity index (χ1v) is 8.15. The SMILES string of the molecule is CC(C)C1SCC(C(=O)O)N1C(=O)NC1CCC(=O)NC1. The number of carboxylic acid groups (broad SMARTS) is 1. The molecule has 0 saturated carbocycles. The molecule has 3 amide bonds. The Bertz CT molecular complexity index is 433. The van der Waals surface area contributed by atoms with Gasteiger partial charge in [0.15, 0.2) is 0 Å². The van der Waals surface area contributed by atoms with Crippen LogP contribution >= 0.6 is 11.8 Å². The molecule has 0 aliphatic carbocycles. The van der Waals surface area contributed by atoms with Crippen molar-refractivity contribution in [2.24, 2.45) is 5.92 Å². The van der Waals surface area contributed by atoms with Crippen molar-refractivity contribution in [2.45, 2.75) is 44.1 Å². The molecule has 3 N–H and O–H groups in total. The summed E-state index contributed by atoms with van der Waals surface area (Å²) in [6.45, 7) is 4.35. The highest BCUT2D eigenvalue weighted by molar-refractivity contribution is 8.00. The van der Waals surface area contributed by atoms with Crippen LogP contribution in [0.15, 0.2) is 0 Å². The minimum Gasteiger partial charge on any atom is -0.480 e. The lowest BCUT2D eigenvalue weighted by Crippen LogP contribution is -2.56. The number of aliphatic carboxylic acids is 1. The zero-order chi connectivity index (χ0) is 15.6. The number of carbonyl (C=O) groups excluding carboxylic acids is 2. The number of carboxylic acids is 1. The molecule has 7 nitrogen and oxygen atoms in total. The second kappa shape index (κ2) is 6.55. The summed E-state index contributed by atoms with van der Waals surface area (Å²) >= 11 is 1.50. The van der Waals surface area contributed by atoms with Crippen molar-refractivity contribution < 1.29 is 19.5 Å². The number of nitrogens with one attached hydrogen (secondary N) is 2. The molecule has 8 heteroatoms. The second-order valence-corrected chi connectivity index (χ2v) is 6.87. The molecule has 2 saturated heterocycles. The van der Waals surface area contributed by atoms with Crippen LogP contribution in [0.3, 0.4) is 0 Å². The van der Waals surface area contributed by atoms with Crippen molar-refractivity contribution in [1.82, 2.24) is 15.5 Å². The van der Waals surface area contributed by atoms with E-state index in [1.54, 1.807) is 0 Å². The van der Waals surface area contributed by atoms with Gasteiger partial charge in [0.2, 0.25) is 5.91 Å². The minimum absolute atomic E-state index is 0.0132. The molecular weight excluding hydrogens is 294 g/mol. The van der Waals surface area contributed by atoms with Gasteiger partial charge in [-0.3, -0.25) is 9.69 Å². The van der Waals surface area contributed by atoms with Gasteiger partial charge in [-0.15, -0.1) is 11.8 Å². The van der Waals surface area contributed by atoms with Crippen LogP contribution in [0.5, 0.6) is 0 Å². The number of hydrogen-bond acceptors (Lipinski definition) is 4. The van der Waals surface area contributed by atoms with Crippen LogP contribution in [0.2, 0.25) is 0 Å². The lowest BCUT2D eigenvalue weighted by atomic mass is 10.1. The van der Waals surface area contributed by atoms with Crippen molar-refractivity contribution in [2.75, 3.05) is 12.3 Å². The monoisotopic (exact) mass is 315 g/mol. The smallest absolute Gasteiger partial charge is 0.327 e. The molecule has 2 rings (SSSR count). The Morgan fingerprint density at radius 1 is 1.48 bits per heavy atom. The van der Waals surface area contributed by atoms with Gasteiger partial charge in [-0.05, 0) is 12.3 Å². The number of amides is 3. The summed E-state index contributed by atoms with van der Waals surface area (Å²) in [5.41, 5.74) is 0. The number of thioether (sulfide) groups is 1. The molecule has 2 heterocycles. The Balaban J connectivity index is 2.03. The summed E-state index contributed by atoms with van der Waals surface area (Å²) in [4.78, 5) is 36.3. The minimum atomic E-state index is -0.974. The molecule has 118 valence electrons. The molecule has 2 aliphatic heterocycles. The molecule has 0 aromatic rings. The highest BCUT2D eigenvalue weighted by Crippen LogP contribution is 2.34. The van der Waals surface area contributed by atoms with Crippen molar-refractivity contribution in [1.29, 1.82) is 0 Å². The van der Waals surface area contributed by atoms with Gasteiger partial charge in [0.25, 0.3) is 0 Å². The van der Waals surface area contributed by atoms with Crippen molar-refractivity contribution in [3.63, 3.8) is 0 Å². The van der Waals surface area contributed by atoms with Gasteiger partial charge in [-0.1, -0.05) is 13.8 Å². The van der Waals surface area contributed by atoms with Crippen LogP contribution in [0.4, 0.5) is 4.79 Å². The average Bonchev–Trinajstić information content (AvgIpc) is 2.86. The molecular formula is C13H21N3O4S. The number of hydrogen-bond donors (Lipinski definition) is 3. The third-order valence-electron chi connectivity index (χ3n) is 3.72. The summed E-state index contributed by atoms with van der Waals surface area (Å²) < 4.78 is 0. The molecule has 0 aromatic heterocycles. The predicted octanol–water partition coefficient (Wildman–Crippen LogP) is 0.459. The lowest BCUT2D eigenvalue weighted by Gasteiger charge is -2.32. The molecule has 0 bridgehead atoms. The Labute approximate surface area is 127 Å². The Morgan fingerprint density at radius 2 is 2.19 bits per heavy atom. The molecule has 0 spiro atoms. The van der Waals surface area contributed by atoms with E-state index in [-0.39, 0.29) is 29.3 Å². The lowest BCUT2D eigenvalue weighted by molar-refractivity contribution is -0.141. The van der Waals surface area contributed by atoms with Crippen LogP contribution < -0.4 is 10.6 Å². The number of piperidine rings is 1. The quantitative estimate of drug-likeness (QED) is 0.703. The van der Waals surface area contributed by atoms with Gasteiger partial charge in [0.05, 0.1) is 5.37 Å². The fraction of sp³-hybridized carbons (Fsp3) is 0.769.